The zero-order valence-electron chi connectivity index (χ0n) is 10.7. The first-order valence-corrected chi connectivity index (χ1v) is 6.29. The number of ether oxygens (including phenoxy) is 1. The number of rotatable bonds is 6. The highest BCUT2D eigenvalue weighted by Gasteiger charge is 2.07. The summed E-state index contributed by atoms with van der Waals surface area (Å²) in [5.41, 5.74) is 7.28. The number of pyridine rings is 1. The number of hydrogen-bond acceptors (Lipinski definition) is 4. The van der Waals surface area contributed by atoms with Crippen molar-refractivity contribution in [2.45, 2.75) is 19.1 Å². The first-order valence-electron chi connectivity index (χ1n) is 6.29. The van der Waals surface area contributed by atoms with E-state index in [0.717, 1.165) is 16.9 Å². The monoisotopic (exact) mass is 258 g/mol. The van der Waals surface area contributed by atoms with Crippen LogP contribution in [0.2, 0.25) is 0 Å². The van der Waals surface area contributed by atoms with Crippen LogP contribution in [0.3, 0.4) is 0 Å². The van der Waals surface area contributed by atoms with Crippen molar-refractivity contribution in [1.82, 2.24) is 4.98 Å². The summed E-state index contributed by atoms with van der Waals surface area (Å²) < 4.78 is 5.68. The second-order valence-corrected chi connectivity index (χ2v) is 4.32. The van der Waals surface area contributed by atoms with Crippen molar-refractivity contribution in [2.24, 2.45) is 5.73 Å². The number of aliphatic hydroxyl groups is 1. The topological polar surface area (TPSA) is 68.4 Å². The van der Waals surface area contributed by atoms with Crippen LogP contribution < -0.4 is 10.5 Å². The normalized spacial score (nSPS) is 12.1. The summed E-state index contributed by atoms with van der Waals surface area (Å²) in [7, 11) is 0. The van der Waals surface area contributed by atoms with E-state index in [4.69, 9.17) is 10.5 Å². The summed E-state index contributed by atoms with van der Waals surface area (Å²) in [6, 6.07) is 11.3. The lowest BCUT2D eigenvalue weighted by Crippen LogP contribution is -2.06. The van der Waals surface area contributed by atoms with E-state index in [9.17, 15) is 5.11 Å². The van der Waals surface area contributed by atoms with Crippen molar-refractivity contribution in [2.75, 3.05) is 6.54 Å². The van der Waals surface area contributed by atoms with Crippen LogP contribution in [0, 0.1) is 0 Å². The molecule has 0 aliphatic rings. The van der Waals surface area contributed by atoms with Gasteiger partial charge in [0.1, 0.15) is 12.4 Å². The standard InChI is InChI=1S/C15H18N2O2/c16-7-6-15(18)13-4-1-5-14(9-13)19-11-12-3-2-8-17-10-12/h1-5,8-10,15,18H,6-7,11,16H2. The van der Waals surface area contributed by atoms with Crippen LogP contribution in [-0.2, 0) is 6.61 Å². The number of benzene rings is 1. The largest absolute Gasteiger partial charge is 0.489 e. The minimum absolute atomic E-state index is 0.460. The Morgan fingerprint density at radius 1 is 1.26 bits per heavy atom. The minimum atomic E-state index is -0.535. The van der Waals surface area contributed by atoms with Crippen molar-refractivity contribution in [1.29, 1.82) is 0 Å². The molecule has 2 rings (SSSR count). The lowest BCUT2D eigenvalue weighted by Gasteiger charge is -2.12. The Bertz CT molecular complexity index is 503. The molecular formula is C15H18N2O2. The predicted molar refractivity (Wildman–Crippen MR) is 73.6 cm³/mol. The molecule has 3 N–H and O–H groups in total. The van der Waals surface area contributed by atoms with Gasteiger partial charge >= 0.3 is 0 Å². The van der Waals surface area contributed by atoms with Gasteiger partial charge < -0.3 is 15.6 Å². The number of aromatic nitrogens is 1. The van der Waals surface area contributed by atoms with Gasteiger partial charge in [0, 0.05) is 18.0 Å². The summed E-state index contributed by atoms with van der Waals surface area (Å²) in [5, 5.41) is 9.88. The van der Waals surface area contributed by atoms with Crippen LogP contribution >= 0.6 is 0 Å². The molecule has 0 saturated carbocycles. The third kappa shape index (κ3) is 4.05. The molecule has 4 heteroatoms. The van der Waals surface area contributed by atoms with Crippen molar-refractivity contribution in [3.05, 3.63) is 59.9 Å². The molecule has 1 atom stereocenters. The molecule has 0 saturated heterocycles. The van der Waals surface area contributed by atoms with Crippen LogP contribution in [0.5, 0.6) is 5.75 Å². The second kappa shape index (κ2) is 6.87. The molecule has 100 valence electrons. The Morgan fingerprint density at radius 3 is 2.89 bits per heavy atom. The zero-order chi connectivity index (χ0) is 13.5. The Labute approximate surface area is 112 Å². The molecule has 0 fully saturated rings. The molecule has 0 radical (unpaired) electrons. The van der Waals surface area contributed by atoms with E-state index in [1.807, 2.05) is 36.4 Å². The highest BCUT2D eigenvalue weighted by molar-refractivity contribution is 5.30. The average Bonchev–Trinajstić information content (AvgIpc) is 2.47. The summed E-state index contributed by atoms with van der Waals surface area (Å²) in [5.74, 6) is 0.734. The Kier molecular flexibility index (Phi) is 4.89. The Morgan fingerprint density at radius 2 is 2.16 bits per heavy atom. The third-order valence-corrected chi connectivity index (χ3v) is 2.81. The summed E-state index contributed by atoms with van der Waals surface area (Å²) in [4.78, 5) is 4.03. The molecule has 0 bridgehead atoms. The van der Waals surface area contributed by atoms with Crippen LogP contribution in [-0.4, -0.2) is 16.6 Å². The molecule has 1 aromatic heterocycles. The smallest absolute Gasteiger partial charge is 0.120 e. The molecule has 1 heterocycles. The third-order valence-electron chi connectivity index (χ3n) is 2.81. The Balaban J connectivity index is 1.99. The number of nitrogens with zero attached hydrogens (tertiary/aromatic N) is 1. The van der Waals surface area contributed by atoms with Gasteiger partial charge in [-0.05, 0) is 36.7 Å². The average molecular weight is 258 g/mol. The van der Waals surface area contributed by atoms with Crippen LogP contribution in [0.4, 0.5) is 0 Å². The molecule has 0 aliphatic heterocycles. The number of hydrogen-bond donors (Lipinski definition) is 2. The van der Waals surface area contributed by atoms with E-state index < -0.39 is 6.10 Å². The fourth-order valence-corrected chi connectivity index (χ4v) is 1.79. The van der Waals surface area contributed by atoms with Gasteiger partial charge in [0.15, 0.2) is 0 Å². The molecule has 19 heavy (non-hydrogen) atoms. The van der Waals surface area contributed by atoms with Gasteiger partial charge in [0.2, 0.25) is 0 Å². The number of aliphatic hydroxyl groups excluding tert-OH is 1. The fraction of sp³-hybridized carbons (Fsp3) is 0.267. The van der Waals surface area contributed by atoms with Gasteiger partial charge in [-0.15, -0.1) is 0 Å². The summed E-state index contributed by atoms with van der Waals surface area (Å²) in [6.07, 6.45) is 3.51. The van der Waals surface area contributed by atoms with E-state index >= 15 is 0 Å². The predicted octanol–water partition coefficient (Wildman–Crippen LogP) is 2.04. The quantitative estimate of drug-likeness (QED) is 0.832. The lowest BCUT2D eigenvalue weighted by molar-refractivity contribution is 0.169. The molecule has 0 aliphatic carbocycles. The van der Waals surface area contributed by atoms with Crippen molar-refractivity contribution in [3.63, 3.8) is 0 Å². The maximum Gasteiger partial charge on any atom is 0.120 e. The van der Waals surface area contributed by atoms with E-state index in [2.05, 4.69) is 4.98 Å². The van der Waals surface area contributed by atoms with E-state index in [0.29, 0.717) is 19.6 Å². The molecule has 2 aromatic rings. The highest BCUT2D eigenvalue weighted by atomic mass is 16.5. The van der Waals surface area contributed by atoms with Gasteiger partial charge in [-0.3, -0.25) is 4.98 Å². The maximum absolute atomic E-state index is 9.88. The first-order chi connectivity index (χ1) is 9.29. The van der Waals surface area contributed by atoms with E-state index in [1.165, 1.54) is 0 Å². The molecular weight excluding hydrogens is 240 g/mol. The summed E-state index contributed by atoms with van der Waals surface area (Å²) >= 11 is 0. The second-order valence-electron chi connectivity index (χ2n) is 4.32. The van der Waals surface area contributed by atoms with Gasteiger partial charge in [-0.25, -0.2) is 0 Å². The van der Waals surface area contributed by atoms with Gasteiger partial charge in [-0.2, -0.15) is 0 Å². The molecule has 1 unspecified atom stereocenters. The van der Waals surface area contributed by atoms with Gasteiger partial charge in [0.05, 0.1) is 6.10 Å². The van der Waals surface area contributed by atoms with E-state index in [-0.39, 0.29) is 0 Å². The van der Waals surface area contributed by atoms with Crippen LogP contribution in [0.25, 0.3) is 0 Å². The van der Waals surface area contributed by atoms with Crippen LogP contribution in [0.1, 0.15) is 23.7 Å². The fourth-order valence-electron chi connectivity index (χ4n) is 1.79. The zero-order valence-corrected chi connectivity index (χ0v) is 10.7. The highest BCUT2D eigenvalue weighted by Crippen LogP contribution is 2.21. The Hall–Kier alpha value is -1.91. The molecule has 4 nitrogen and oxygen atoms in total. The van der Waals surface area contributed by atoms with E-state index in [1.54, 1.807) is 12.4 Å². The molecule has 1 aromatic carbocycles. The van der Waals surface area contributed by atoms with Gasteiger partial charge in [0.25, 0.3) is 0 Å². The van der Waals surface area contributed by atoms with Crippen molar-refractivity contribution >= 4 is 0 Å². The molecule has 0 amide bonds. The minimum Gasteiger partial charge on any atom is -0.489 e. The van der Waals surface area contributed by atoms with Crippen molar-refractivity contribution in [3.8, 4) is 5.75 Å². The molecule has 0 spiro atoms. The van der Waals surface area contributed by atoms with Crippen molar-refractivity contribution < 1.29 is 9.84 Å². The summed E-state index contributed by atoms with van der Waals surface area (Å²) in [6.45, 7) is 0.923. The number of nitrogens with two attached hydrogens (primary N) is 1. The van der Waals surface area contributed by atoms with Crippen LogP contribution in [0.15, 0.2) is 48.8 Å². The maximum atomic E-state index is 9.88. The first kappa shape index (κ1) is 13.5. The lowest BCUT2D eigenvalue weighted by atomic mass is 10.1. The van der Waals surface area contributed by atoms with Gasteiger partial charge in [-0.1, -0.05) is 18.2 Å². The SMILES string of the molecule is NCCC(O)c1cccc(OCc2cccnc2)c1.